The fraction of sp³-hybridized carbons (Fsp3) is 0.500. The van der Waals surface area contributed by atoms with Gasteiger partial charge in [0.15, 0.2) is 0 Å². The van der Waals surface area contributed by atoms with Crippen LogP contribution >= 0.6 is 0 Å². The van der Waals surface area contributed by atoms with Crippen molar-refractivity contribution in [3.05, 3.63) is 41.2 Å². The Morgan fingerprint density at radius 1 is 1.24 bits per heavy atom. The summed E-state index contributed by atoms with van der Waals surface area (Å²) in [6.45, 7) is 9.70. The lowest BCUT2D eigenvalue weighted by atomic mass is 10.1. The lowest BCUT2D eigenvalue weighted by molar-refractivity contribution is 0.0730. The van der Waals surface area contributed by atoms with Crippen molar-refractivity contribution in [2.45, 2.75) is 45.1 Å². The number of aryl methyl sites for hydroxylation is 2. The summed E-state index contributed by atoms with van der Waals surface area (Å²) < 4.78 is 34.4. The van der Waals surface area contributed by atoms with Crippen molar-refractivity contribution in [3.8, 4) is 0 Å². The van der Waals surface area contributed by atoms with Crippen LogP contribution in [-0.4, -0.2) is 54.7 Å². The number of hydrogen-bond donors (Lipinski definition) is 1. The molecular weight excluding hydrogens is 392 g/mol. The molecule has 2 aromatic rings. The van der Waals surface area contributed by atoms with Gasteiger partial charge in [-0.1, -0.05) is 19.9 Å². The van der Waals surface area contributed by atoms with Crippen molar-refractivity contribution in [2.24, 2.45) is 0 Å². The van der Waals surface area contributed by atoms with E-state index in [0.29, 0.717) is 49.8 Å². The Morgan fingerprint density at radius 3 is 2.55 bits per heavy atom. The molecule has 3 rings (SSSR count). The van der Waals surface area contributed by atoms with Crippen LogP contribution in [0.2, 0.25) is 0 Å². The summed E-state index contributed by atoms with van der Waals surface area (Å²) in [5.41, 5.74) is 2.36. The summed E-state index contributed by atoms with van der Waals surface area (Å²) in [4.78, 5) is 13.0. The number of anilines is 1. The molecule has 0 aliphatic carbocycles. The van der Waals surface area contributed by atoms with Gasteiger partial charge in [-0.2, -0.15) is 9.40 Å². The number of aromatic nitrogens is 2. The van der Waals surface area contributed by atoms with Crippen LogP contribution < -0.4 is 5.32 Å². The molecular formula is C20H28N4O4S. The smallest absolute Gasteiger partial charge is 0.273 e. The Bertz CT molecular complexity index is 992. The number of benzene rings is 1. The summed E-state index contributed by atoms with van der Waals surface area (Å²) in [7, 11) is -3.65. The molecule has 1 fully saturated rings. The van der Waals surface area contributed by atoms with E-state index in [2.05, 4.69) is 10.4 Å². The van der Waals surface area contributed by atoms with Crippen LogP contribution in [0.15, 0.2) is 29.2 Å². The van der Waals surface area contributed by atoms with E-state index in [0.717, 1.165) is 5.69 Å². The minimum absolute atomic E-state index is 0.198. The Hall–Kier alpha value is -2.23. The number of morpholine rings is 1. The zero-order chi connectivity index (χ0) is 21.2. The van der Waals surface area contributed by atoms with Gasteiger partial charge in [0.05, 0.1) is 23.8 Å². The van der Waals surface area contributed by atoms with E-state index in [1.807, 2.05) is 20.8 Å². The second-order valence-corrected chi connectivity index (χ2v) is 9.28. The molecule has 1 aliphatic rings. The van der Waals surface area contributed by atoms with Crippen LogP contribution in [0, 0.1) is 6.92 Å². The SMILES string of the molecule is CCn1nc(C(C)C)cc1C(=O)Nc1ccc(C)c(S(=O)(=O)N2CCOCC2)c1. The molecule has 8 nitrogen and oxygen atoms in total. The Labute approximate surface area is 171 Å². The second-order valence-electron chi connectivity index (χ2n) is 7.38. The summed E-state index contributed by atoms with van der Waals surface area (Å²) in [5.74, 6) is -0.108. The van der Waals surface area contributed by atoms with E-state index >= 15 is 0 Å². The first kappa shape index (κ1) is 21.5. The molecule has 158 valence electrons. The molecule has 0 radical (unpaired) electrons. The van der Waals surface area contributed by atoms with Crippen molar-refractivity contribution in [2.75, 3.05) is 31.6 Å². The van der Waals surface area contributed by atoms with E-state index < -0.39 is 10.0 Å². The van der Waals surface area contributed by atoms with Crippen LogP contribution in [0.1, 0.15) is 48.4 Å². The monoisotopic (exact) mass is 420 g/mol. The molecule has 0 atom stereocenters. The van der Waals surface area contributed by atoms with Gasteiger partial charge in [0.2, 0.25) is 10.0 Å². The number of ether oxygens (including phenoxy) is 1. The maximum absolute atomic E-state index is 13.0. The maximum atomic E-state index is 13.0. The number of carbonyl (C=O) groups excluding carboxylic acids is 1. The largest absolute Gasteiger partial charge is 0.379 e. The predicted octanol–water partition coefficient (Wildman–Crippen LogP) is 2.61. The fourth-order valence-corrected chi connectivity index (χ4v) is 4.88. The van der Waals surface area contributed by atoms with Gasteiger partial charge in [-0.15, -0.1) is 0 Å². The summed E-state index contributed by atoms with van der Waals surface area (Å²) >= 11 is 0. The maximum Gasteiger partial charge on any atom is 0.273 e. The first-order chi connectivity index (χ1) is 13.7. The Morgan fingerprint density at radius 2 is 1.93 bits per heavy atom. The van der Waals surface area contributed by atoms with Gasteiger partial charge >= 0.3 is 0 Å². The minimum Gasteiger partial charge on any atom is -0.379 e. The number of carbonyl (C=O) groups is 1. The van der Waals surface area contributed by atoms with Gasteiger partial charge in [-0.3, -0.25) is 9.48 Å². The van der Waals surface area contributed by atoms with Gasteiger partial charge in [0.1, 0.15) is 5.69 Å². The lowest BCUT2D eigenvalue weighted by Crippen LogP contribution is -2.40. The first-order valence-electron chi connectivity index (χ1n) is 9.81. The van der Waals surface area contributed by atoms with Crippen LogP contribution in [0.4, 0.5) is 5.69 Å². The minimum atomic E-state index is -3.65. The third-order valence-electron chi connectivity index (χ3n) is 4.96. The molecule has 0 saturated carbocycles. The van der Waals surface area contributed by atoms with Gasteiger partial charge in [0.25, 0.3) is 5.91 Å². The molecule has 9 heteroatoms. The molecule has 0 spiro atoms. The van der Waals surface area contributed by atoms with E-state index in [-0.39, 0.29) is 16.7 Å². The third-order valence-corrected chi connectivity index (χ3v) is 7.00. The number of amides is 1. The Kier molecular flexibility index (Phi) is 6.40. The summed E-state index contributed by atoms with van der Waals surface area (Å²) in [6.07, 6.45) is 0. The van der Waals surface area contributed by atoms with Crippen LogP contribution in [0.3, 0.4) is 0 Å². The highest BCUT2D eigenvalue weighted by Crippen LogP contribution is 2.25. The molecule has 1 saturated heterocycles. The van der Waals surface area contributed by atoms with Crippen molar-refractivity contribution in [3.63, 3.8) is 0 Å². The zero-order valence-corrected chi connectivity index (χ0v) is 18.1. The number of hydrogen-bond acceptors (Lipinski definition) is 5. The van der Waals surface area contributed by atoms with Crippen LogP contribution in [0.5, 0.6) is 0 Å². The highest BCUT2D eigenvalue weighted by atomic mass is 32.2. The van der Waals surface area contributed by atoms with E-state index in [1.165, 1.54) is 10.4 Å². The fourth-order valence-electron chi connectivity index (χ4n) is 3.22. The van der Waals surface area contributed by atoms with Crippen LogP contribution in [0.25, 0.3) is 0 Å². The molecule has 2 heterocycles. The van der Waals surface area contributed by atoms with Gasteiger partial charge in [0, 0.05) is 25.3 Å². The highest BCUT2D eigenvalue weighted by molar-refractivity contribution is 7.89. The van der Waals surface area contributed by atoms with E-state index in [1.54, 1.807) is 29.8 Å². The molecule has 1 aromatic heterocycles. The number of sulfonamides is 1. The summed E-state index contributed by atoms with van der Waals surface area (Å²) in [6, 6.07) is 6.72. The molecule has 1 aromatic carbocycles. The predicted molar refractivity (Wildman–Crippen MR) is 111 cm³/mol. The van der Waals surface area contributed by atoms with Gasteiger partial charge in [-0.25, -0.2) is 8.42 Å². The number of nitrogens with one attached hydrogen (secondary N) is 1. The molecule has 1 aliphatic heterocycles. The zero-order valence-electron chi connectivity index (χ0n) is 17.3. The molecule has 0 unspecified atom stereocenters. The third kappa shape index (κ3) is 4.52. The number of rotatable bonds is 6. The molecule has 1 N–H and O–H groups in total. The van der Waals surface area contributed by atoms with E-state index in [9.17, 15) is 13.2 Å². The normalized spacial score (nSPS) is 15.6. The van der Waals surface area contributed by atoms with E-state index in [4.69, 9.17) is 4.74 Å². The lowest BCUT2D eigenvalue weighted by Gasteiger charge is -2.26. The Balaban J connectivity index is 1.87. The quantitative estimate of drug-likeness (QED) is 0.775. The molecule has 1 amide bonds. The van der Waals surface area contributed by atoms with Crippen molar-refractivity contribution in [1.29, 1.82) is 0 Å². The average Bonchev–Trinajstić information content (AvgIpc) is 3.15. The standard InChI is InChI=1S/C20H28N4O4S/c1-5-24-18(13-17(22-24)14(2)3)20(25)21-16-7-6-15(4)19(12-16)29(26,27)23-8-10-28-11-9-23/h6-7,12-14H,5,8-11H2,1-4H3,(H,21,25). The van der Waals surface area contributed by atoms with Crippen LogP contribution in [-0.2, 0) is 21.3 Å². The average molecular weight is 421 g/mol. The van der Waals surface area contributed by atoms with Gasteiger partial charge in [-0.05, 0) is 43.5 Å². The van der Waals surface area contributed by atoms with Crippen molar-refractivity contribution >= 4 is 21.6 Å². The second kappa shape index (κ2) is 8.64. The number of nitrogens with zero attached hydrogens (tertiary/aromatic N) is 3. The molecule has 0 bridgehead atoms. The summed E-state index contributed by atoms with van der Waals surface area (Å²) in [5, 5.41) is 7.28. The highest BCUT2D eigenvalue weighted by Gasteiger charge is 2.28. The topological polar surface area (TPSA) is 93.5 Å². The van der Waals surface area contributed by atoms with Crippen molar-refractivity contribution < 1.29 is 17.9 Å². The van der Waals surface area contributed by atoms with Crippen molar-refractivity contribution in [1.82, 2.24) is 14.1 Å². The first-order valence-corrected chi connectivity index (χ1v) is 11.3. The molecule has 29 heavy (non-hydrogen) atoms. The van der Waals surface area contributed by atoms with Gasteiger partial charge < -0.3 is 10.1 Å².